The van der Waals surface area contributed by atoms with E-state index in [9.17, 15) is 14.7 Å². The Kier molecular flexibility index (Phi) is 6.33. The Morgan fingerprint density at radius 1 is 1.10 bits per heavy atom. The highest BCUT2D eigenvalue weighted by atomic mass is 16.4. The van der Waals surface area contributed by atoms with Gasteiger partial charge in [-0.15, -0.1) is 0 Å². The van der Waals surface area contributed by atoms with Crippen LogP contribution in [0.25, 0.3) is 0 Å². The minimum atomic E-state index is -1.35. The second kappa shape index (κ2) is 7.75. The van der Waals surface area contributed by atoms with Crippen molar-refractivity contribution in [3.63, 3.8) is 0 Å². The van der Waals surface area contributed by atoms with Crippen molar-refractivity contribution in [2.24, 2.45) is 0 Å². The fourth-order valence-electron chi connectivity index (χ4n) is 2.12. The monoisotopic (exact) mass is 295 g/mol. The first-order chi connectivity index (χ1) is 9.95. The fourth-order valence-corrected chi connectivity index (χ4v) is 2.12. The van der Waals surface area contributed by atoms with Gasteiger partial charge in [0.05, 0.1) is 18.6 Å². The van der Waals surface area contributed by atoms with Crippen LogP contribution in [0.3, 0.4) is 0 Å². The molecule has 0 saturated heterocycles. The van der Waals surface area contributed by atoms with Crippen molar-refractivity contribution in [2.75, 3.05) is 26.3 Å². The summed E-state index contributed by atoms with van der Waals surface area (Å²) < 4.78 is 0. The van der Waals surface area contributed by atoms with Gasteiger partial charge < -0.3 is 20.2 Å². The molecule has 1 atom stereocenters. The second-order valence-electron chi connectivity index (χ2n) is 5.01. The quantitative estimate of drug-likeness (QED) is 0.638. The molecule has 6 nitrogen and oxygen atoms in total. The molecule has 0 aromatic heterocycles. The van der Waals surface area contributed by atoms with Crippen LogP contribution in [0.5, 0.6) is 0 Å². The van der Waals surface area contributed by atoms with Crippen molar-refractivity contribution < 1.29 is 24.9 Å². The Hall–Kier alpha value is -1.92. The number of hydrogen-bond donors (Lipinski definition) is 3. The molecular weight excluding hydrogens is 274 g/mol. The number of nitrogens with zero attached hydrogens (tertiary/aromatic N) is 1. The highest BCUT2D eigenvalue weighted by Crippen LogP contribution is 2.28. The van der Waals surface area contributed by atoms with Crippen molar-refractivity contribution in [3.05, 3.63) is 35.9 Å². The molecule has 0 aliphatic carbocycles. The van der Waals surface area contributed by atoms with Gasteiger partial charge in [-0.05, 0) is 12.5 Å². The number of hydrogen-bond acceptors (Lipinski definition) is 4. The van der Waals surface area contributed by atoms with E-state index in [0.29, 0.717) is 5.56 Å². The zero-order chi connectivity index (χ0) is 15.9. The Balaban J connectivity index is 2.97. The van der Waals surface area contributed by atoms with E-state index < -0.39 is 17.3 Å². The van der Waals surface area contributed by atoms with Crippen molar-refractivity contribution in [3.8, 4) is 0 Å². The van der Waals surface area contributed by atoms with Crippen LogP contribution in [0.1, 0.15) is 18.9 Å². The number of aliphatic hydroxyl groups excluding tert-OH is 2. The molecule has 0 fully saturated rings. The summed E-state index contributed by atoms with van der Waals surface area (Å²) in [4.78, 5) is 25.2. The molecule has 0 aliphatic heterocycles. The maximum Gasteiger partial charge on any atom is 0.314 e. The zero-order valence-electron chi connectivity index (χ0n) is 12.0. The van der Waals surface area contributed by atoms with Crippen LogP contribution >= 0.6 is 0 Å². The van der Waals surface area contributed by atoms with E-state index in [-0.39, 0.29) is 32.7 Å². The smallest absolute Gasteiger partial charge is 0.314 e. The van der Waals surface area contributed by atoms with Crippen LogP contribution in [-0.2, 0) is 15.0 Å². The topological polar surface area (TPSA) is 98.1 Å². The number of aliphatic hydroxyl groups is 2. The molecule has 3 N–H and O–H groups in total. The minimum absolute atomic E-state index is 0.0733. The molecule has 1 rings (SSSR count). The Morgan fingerprint density at radius 2 is 1.62 bits per heavy atom. The molecule has 0 spiro atoms. The molecule has 0 aliphatic rings. The molecule has 21 heavy (non-hydrogen) atoms. The average Bonchev–Trinajstić information content (AvgIpc) is 2.47. The van der Waals surface area contributed by atoms with E-state index in [2.05, 4.69) is 0 Å². The van der Waals surface area contributed by atoms with Gasteiger partial charge in [0, 0.05) is 19.5 Å². The van der Waals surface area contributed by atoms with E-state index in [0.717, 1.165) is 0 Å². The maximum absolute atomic E-state index is 12.3. The van der Waals surface area contributed by atoms with Gasteiger partial charge in [0.1, 0.15) is 0 Å². The Morgan fingerprint density at radius 3 is 2.05 bits per heavy atom. The summed E-state index contributed by atoms with van der Waals surface area (Å²) in [5.74, 6) is -1.50. The average molecular weight is 295 g/mol. The number of carboxylic acid groups (broad SMARTS) is 1. The fraction of sp³-hybridized carbons (Fsp3) is 0.467. The number of amides is 1. The first kappa shape index (κ1) is 17.1. The third-order valence-corrected chi connectivity index (χ3v) is 3.48. The van der Waals surface area contributed by atoms with E-state index in [4.69, 9.17) is 10.2 Å². The van der Waals surface area contributed by atoms with Gasteiger partial charge in [-0.3, -0.25) is 9.59 Å². The van der Waals surface area contributed by atoms with Crippen LogP contribution < -0.4 is 0 Å². The number of carbonyl (C=O) groups is 2. The molecule has 116 valence electrons. The minimum Gasteiger partial charge on any atom is -0.481 e. The normalized spacial score (nSPS) is 13.5. The van der Waals surface area contributed by atoms with E-state index in [1.807, 2.05) is 0 Å². The maximum atomic E-state index is 12.3. The highest BCUT2D eigenvalue weighted by molar-refractivity contribution is 5.89. The van der Waals surface area contributed by atoms with Crippen molar-refractivity contribution >= 4 is 11.9 Å². The predicted octanol–water partition coefficient (Wildman–Crippen LogP) is 0.232. The van der Waals surface area contributed by atoms with Gasteiger partial charge in [0.25, 0.3) is 0 Å². The molecule has 0 saturated carbocycles. The number of rotatable bonds is 8. The van der Waals surface area contributed by atoms with Crippen LogP contribution in [0.15, 0.2) is 30.3 Å². The van der Waals surface area contributed by atoms with Gasteiger partial charge in [-0.25, -0.2) is 0 Å². The van der Waals surface area contributed by atoms with Crippen molar-refractivity contribution in [2.45, 2.75) is 18.8 Å². The molecule has 1 aromatic rings. The van der Waals surface area contributed by atoms with Gasteiger partial charge in [0.2, 0.25) is 5.91 Å². The summed E-state index contributed by atoms with van der Waals surface area (Å²) in [5, 5.41) is 27.4. The van der Waals surface area contributed by atoms with Gasteiger partial charge in [-0.1, -0.05) is 30.3 Å². The van der Waals surface area contributed by atoms with Crippen LogP contribution in [0.4, 0.5) is 0 Å². The SMILES string of the molecule is CC(CC(=O)N(CCO)CCO)(C(=O)O)c1ccccc1. The van der Waals surface area contributed by atoms with E-state index in [1.165, 1.54) is 11.8 Å². The van der Waals surface area contributed by atoms with Crippen molar-refractivity contribution in [1.29, 1.82) is 0 Å². The number of carboxylic acids is 1. The van der Waals surface area contributed by atoms with Gasteiger partial charge >= 0.3 is 5.97 Å². The molecule has 6 heteroatoms. The predicted molar refractivity (Wildman–Crippen MR) is 76.8 cm³/mol. The summed E-state index contributed by atoms with van der Waals surface area (Å²) in [6, 6.07) is 8.56. The molecule has 0 radical (unpaired) electrons. The standard InChI is InChI=1S/C15H21NO5/c1-15(14(20)21,12-5-3-2-4-6-12)11-13(19)16(7-9-17)8-10-18/h2-6,17-18H,7-11H2,1H3,(H,20,21). The lowest BCUT2D eigenvalue weighted by molar-refractivity contribution is -0.147. The van der Waals surface area contributed by atoms with E-state index in [1.54, 1.807) is 30.3 Å². The molecule has 1 unspecified atom stereocenters. The third kappa shape index (κ3) is 4.27. The second-order valence-corrected chi connectivity index (χ2v) is 5.01. The lowest BCUT2D eigenvalue weighted by Gasteiger charge is -2.28. The molecule has 0 bridgehead atoms. The summed E-state index contributed by atoms with van der Waals surface area (Å²) >= 11 is 0. The number of carbonyl (C=O) groups excluding carboxylic acids is 1. The number of benzene rings is 1. The van der Waals surface area contributed by atoms with Crippen molar-refractivity contribution in [1.82, 2.24) is 4.90 Å². The first-order valence-electron chi connectivity index (χ1n) is 6.74. The summed E-state index contributed by atoms with van der Waals surface area (Å²) in [7, 11) is 0. The van der Waals surface area contributed by atoms with Gasteiger partial charge in [-0.2, -0.15) is 0 Å². The lowest BCUT2D eigenvalue weighted by Crippen LogP contribution is -2.42. The highest BCUT2D eigenvalue weighted by Gasteiger charge is 2.38. The van der Waals surface area contributed by atoms with Crippen LogP contribution in [0.2, 0.25) is 0 Å². The molecule has 1 amide bonds. The van der Waals surface area contributed by atoms with Crippen LogP contribution in [-0.4, -0.2) is 58.4 Å². The largest absolute Gasteiger partial charge is 0.481 e. The Labute approximate surface area is 123 Å². The molecular formula is C15H21NO5. The first-order valence-corrected chi connectivity index (χ1v) is 6.74. The number of aliphatic carboxylic acids is 1. The van der Waals surface area contributed by atoms with Crippen LogP contribution in [0, 0.1) is 0 Å². The summed E-state index contributed by atoms with van der Waals surface area (Å²) in [6.07, 6.45) is -0.230. The molecule has 1 aromatic carbocycles. The van der Waals surface area contributed by atoms with Gasteiger partial charge in [0.15, 0.2) is 0 Å². The lowest BCUT2D eigenvalue weighted by atomic mass is 9.79. The van der Waals surface area contributed by atoms with E-state index >= 15 is 0 Å². The Bertz CT molecular complexity index is 470. The molecule has 0 heterocycles. The summed E-state index contributed by atoms with van der Waals surface area (Å²) in [5.41, 5.74) is -0.805. The third-order valence-electron chi connectivity index (χ3n) is 3.48. The summed E-state index contributed by atoms with van der Waals surface area (Å²) in [6.45, 7) is 1.17. The zero-order valence-corrected chi connectivity index (χ0v) is 12.0.